The van der Waals surface area contributed by atoms with E-state index in [1.54, 1.807) is 0 Å². The van der Waals surface area contributed by atoms with Crippen LogP contribution in [0.2, 0.25) is 0 Å². The molecule has 1 saturated heterocycles. The van der Waals surface area contributed by atoms with Crippen LogP contribution in [0.25, 0.3) is 0 Å². The molecule has 0 bridgehead atoms. The van der Waals surface area contributed by atoms with E-state index in [-0.39, 0.29) is 0 Å². The van der Waals surface area contributed by atoms with Crippen molar-refractivity contribution in [1.82, 2.24) is 0 Å². The molecule has 60 valence electrons. The second kappa shape index (κ2) is 4.99. The van der Waals surface area contributed by atoms with Gasteiger partial charge >= 0.3 is 0 Å². The van der Waals surface area contributed by atoms with Crippen molar-refractivity contribution >= 4 is 12.6 Å². The second-order valence-corrected chi connectivity index (χ2v) is 2.88. The standard InChI is InChI=1S/C7H14O2S/c10-5-1-3-9-7-2-4-8-6-7/h7,10H,1-6H2. The Kier molecular flexibility index (Phi) is 4.18. The van der Waals surface area contributed by atoms with Crippen LogP contribution in [0.15, 0.2) is 0 Å². The van der Waals surface area contributed by atoms with Crippen LogP contribution in [0.5, 0.6) is 0 Å². The van der Waals surface area contributed by atoms with E-state index >= 15 is 0 Å². The molecule has 1 atom stereocenters. The van der Waals surface area contributed by atoms with Crippen molar-refractivity contribution in [3.63, 3.8) is 0 Å². The molecule has 0 aromatic carbocycles. The topological polar surface area (TPSA) is 18.5 Å². The average Bonchev–Trinajstić information content (AvgIpc) is 2.41. The average molecular weight is 162 g/mol. The molecular formula is C7H14O2S. The fourth-order valence-electron chi connectivity index (χ4n) is 0.959. The minimum Gasteiger partial charge on any atom is -0.379 e. The molecule has 0 spiro atoms. The minimum absolute atomic E-state index is 0.361. The van der Waals surface area contributed by atoms with Crippen LogP contribution >= 0.6 is 12.6 Å². The predicted octanol–water partition coefficient (Wildman–Crippen LogP) is 1.11. The van der Waals surface area contributed by atoms with Crippen molar-refractivity contribution < 1.29 is 9.47 Å². The zero-order chi connectivity index (χ0) is 7.23. The van der Waals surface area contributed by atoms with Crippen LogP contribution in [0, 0.1) is 0 Å². The summed E-state index contributed by atoms with van der Waals surface area (Å²) in [6, 6.07) is 0. The Morgan fingerprint density at radius 1 is 1.60 bits per heavy atom. The first-order valence-electron chi connectivity index (χ1n) is 3.73. The van der Waals surface area contributed by atoms with Crippen molar-refractivity contribution in [3.8, 4) is 0 Å². The maximum absolute atomic E-state index is 5.47. The Bertz CT molecular complexity index is 81.7. The van der Waals surface area contributed by atoms with Gasteiger partial charge in [0.2, 0.25) is 0 Å². The number of hydrogen-bond donors (Lipinski definition) is 1. The zero-order valence-electron chi connectivity index (χ0n) is 6.08. The van der Waals surface area contributed by atoms with E-state index in [4.69, 9.17) is 9.47 Å². The zero-order valence-corrected chi connectivity index (χ0v) is 6.98. The van der Waals surface area contributed by atoms with Gasteiger partial charge in [-0.2, -0.15) is 12.6 Å². The molecule has 0 amide bonds. The molecule has 3 heteroatoms. The maximum Gasteiger partial charge on any atom is 0.0830 e. The highest BCUT2D eigenvalue weighted by atomic mass is 32.1. The summed E-state index contributed by atoms with van der Waals surface area (Å²) in [5, 5.41) is 0. The molecule has 1 aliphatic rings. The maximum atomic E-state index is 5.47. The van der Waals surface area contributed by atoms with E-state index in [9.17, 15) is 0 Å². The van der Waals surface area contributed by atoms with Crippen LogP contribution in [0.1, 0.15) is 12.8 Å². The lowest BCUT2D eigenvalue weighted by atomic mass is 10.3. The monoisotopic (exact) mass is 162 g/mol. The van der Waals surface area contributed by atoms with E-state index in [1.807, 2.05) is 0 Å². The molecule has 0 radical (unpaired) electrons. The van der Waals surface area contributed by atoms with Gasteiger partial charge in [0, 0.05) is 13.2 Å². The van der Waals surface area contributed by atoms with Crippen molar-refractivity contribution in [3.05, 3.63) is 0 Å². The van der Waals surface area contributed by atoms with Gasteiger partial charge in [0.05, 0.1) is 12.7 Å². The summed E-state index contributed by atoms with van der Waals surface area (Å²) < 4.78 is 10.6. The predicted molar refractivity (Wildman–Crippen MR) is 43.6 cm³/mol. The molecule has 0 N–H and O–H groups in total. The summed E-state index contributed by atoms with van der Waals surface area (Å²) in [6.45, 7) is 2.48. The van der Waals surface area contributed by atoms with E-state index in [1.165, 1.54) is 0 Å². The highest BCUT2D eigenvalue weighted by Gasteiger charge is 2.14. The first kappa shape index (κ1) is 8.37. The molecule has 2 nitrogen and oxygen atoms in total. The van der Waals surface area contributed by atoms with Crippen LogP contribution < -0.4 is 0 Å². The molecule has 1 rings (SSSR count). The van der Waals surface area contributed by atoms with Crippen LogP contribution in [-0.4, -0.2) is 31.7 Å². The van der Waals surface area contributed by atoms with E-state index in [0.29, 0.717) is 6.10 Å². The quantitative estimate of drug-likeness (QED) is 0.493. The molecule has 1 aliphatic heterocycles. The first-order chi connectivity index (χ1) is 4.93. The SMILES string of the molecule is SCCCOC1CCOC1. The Labute approximate surface area is 67.3 Å². The van der Waals surface area contributed by atoms with Gasteiger partial charge in [0.25, 0.3) is 0 Å². The van der Waals surface area contributed by atoms with Gasteiger partial charge in [-0.05, 0) is 18.6 Å². The van der Waals surface area contributed by atoms with E-state index in [2.05, 4.69) is 12.6 Å². The van der Waals surface area contributed by atoms with Gasteiger partial charge in [0.15, 0.2) is 0 Å². The van der Waals surface area contributed by atoms with Crippen molar-refractivity contribution in [2.75, 3.05) is 25.6 Å². The summed E-state index contributed by atoms with van der Waals surface area (Å²) in [4.78, 5) is 0. The first-order valence-corrected chi connectivity index (χ1v) is 4.37. The molecule has 1 heterocycles. The van der Waals surface area contributed by atoms with Crippen LogP contribution in [-0.2, 0) is 9.47 Å². The van der Waals surface area contributed by atoms with Gasteiger partial charge < -0.3 is 9.47 Å². The number of hydrogen-bond acceptors (Lipinski definition) is 3. The molecule has 0 aromatic heterocycles. The lowest BCUT2D eigenvalue weighted by molar-refractivity contribution is 0.0436. The summed E-state index contributed by atoms with van der Waals surface area (Å²) in [7, 11) is 0. The summed E-state index contributed by atoms with van der Waals surface area (Å²) in [6.07, 6.45) is 2.46. The molecule has 1 unspecified atom stereocenters. The molecule has 0 aromatic rings. The van der Waals surface area contributed by atoms with E-state index < -0.39 is 0 Å². The van der Waals surface area contributed by atoms with Gasteiger partial charge in [-0.1, -0.05) is 0 Å². The van der Waals surface area contributed by atoms with E-state index in [0.717, 1.165) is 38.4 Å². The molecule has 0 saturated carbocycles. The lowest BCUT2D eigenvalue weighted by Crippen LogP contribution is -2.13. The lowest BCUT2D eigenvalue weighted by Gasteiger charge is -2.07. The van der Waals surface area contributed by atoms with Crippen molar-refractivity contribution in [2.24, 2.45) is 0 Å². The number of ether oxygens (including phenoxy) is 2. The Morgan fingerprint density at radius 3 is 3.10 bits per heavy atom. The third kappa shape index (κ3) is 2.90. The van der Waals surface area contributed by atoms with Crippen molar-refractivity contribution in [1.29, 1.82) is 0 Å². The highest BCUT2D eigenvalue weighted by molar-refractivity contribution is 7.80. The summed E-state index contributed by atoms with van der Waals surface area (Å²) >= 11 is 4.09. The fraction of sp³-hybridized carbons (Fsp3) is 1.00. The summed E-state index contributed by atoms with van der Waals surface area (Å²) in [5.74, 6) is 0.910. The molecule has 1 fully saturated rings. The summed E-state index contributed by atoms with van der Waals surface area (Å²) in [5.41, 5.74) is 0. The Hall–Kier alpha value is 0.270. The Morgan fingerprint density at radius 2 is 2.50 bits per heavy atom. The third-order valence-electron chi connectivity index (χ3n) is 1.54. The van der Waals surface area contributed by atoms with Crippen LogP contribution in [0.3, 0.4) is 0 Å². The fourth-order valence-corrected chi connectivity index (χ4v) is 1.09. The van der Waals surface area contributed by atoms with Gasteiger partial charge in [0.1, 0.15) is 0 Å². The number of rotatable bonds is 4. The van der Waals surface area contributed by atoms with Gasteiger partial charge in [-0.3, -0.25) is 0 Å². The smallest absolute Gasteiger partial charge is 0.0830 e. The normalized spacial score (nSPS) is 25.5. The third-order valence-corrected chi connectivity index (χ3v) is 1.86. The van der Waals surface area contributed by atoms with Gasteiger partial charge in [-0.15, -0.1) is 0 Å². The molecule has 0 aliphatic carbocycles. The second-order valence-electron chi connectivity index (χ2n) is 2.43. The minimum atomic E-state index is 0.361. The highest BCUT2D eigenvalue weighted by Crippen LogP contribution is 2.07. The van der Waals surface area contributed by atoms with Crippen molar-refractivity contribution in [2.45, 2.75) is 18.9 Å². The number of thiol groups is 1. The molecular weight excluding hydrogens is 148 g/mol. The Balaban J connectivity index is 1.91. The molecule has 10 heavy (non-hydrogen) atoms. The van der Waals surface area contributed by atoms with Crippen LogP contribution in [0.4, 0.5) is 0 Å². The largest absolute Gasteiger partial charge is 0.379 e. The van der Waals surface area contributed by atoms with Gasteiger partial charge in [-0.25, -0.2) is 0 Å².